The number of aromatic nitrogens is 3. The third-order valence-corrected chi connectivity index (χ3v) is 5.66. The van der Waals surface area contributed by atoms with E-state index >= 15 is 0 Å². The van der Waals surface area contributed by atoms with Crippen LogP contribution in [0.25, 0.3) is 11.4 Å². The highest BCUT2D eigenvalue weighted by atomic mass is 35.5. The van der Waals surface area contributed by atoms with Crippen LogP contribution in [0.2, 0.25) is 10.0 Å². The van der Waals surface area contributed by atoms with E-state index in [0.29, 0.717) is 33.1 Å². The number of halogens is 2. The zero-order chi connectivity index (χ0) is 23.3. The number of amides is 3. The molecular weight excluding hydrogens is 469 g/mol. The number of carbonyl (C=O) groups excluding carboxylic acids is 2. The molecule has 0 fully saturated rings. The second-order valence-electron chi connectivity index (χ2n) is 8.04. The molecule has 0 radical (unpaired) electrons. The van der Waals surface area contributed by atoms with E-state index in [0.717, 1.165) is 5.56 Å². The number of hydrogen-bond acceptors (Lipinski definition) is 5. The van der Waals surface area contributed by atoms with Crippen molar-refractivity contribution in [3.63, 3.8) is 0 Å². The van der Waals surface area contributed by atoms with Gasteiger partial charge >= 0.3 is 6.03 Å². The first kappa shape index (κ1) is 24.1. The van der Waals surface area contributed by atoms with E-state index in [1.807, 2.05) is 55.7 Å². The maximum Gasteiger partial charge on any atom is 0.321 e. The Labute approximate surface area is 200 Å². The summed E-state index contributed by atoms with van der Waals surface area (Å²) in [5, 5.41) is 15.1. The minimum atomic E-state index is -0.539. The van der Waals surface area contributed by atoms with Crippen LogP contribution in [0.3, 0.4) is 0 Å². The molecule has 1 heterocycles. The number of imide groups is 1. The van der Waals surface area contributed by atoms with Gasteiger partial charge in [-0.1, -0.05) is 65.3 Å². The lowest BCUT2D eigenvalue weighted by Gasteiger charge is -2.20. The minimum Gasteiger partial charge on any atom is -0.333 e. The van der Waals surface area contributed by atoms with Crippen molar-refractivity contribution in [2.45, 2.75) is 38.0 Å². The fraction of sp³-hybridized carbons (Fsp3) is 0.273. The molecule has 0 aliphatic rings. The Morgan fingerprint density at radius 3 is 2.44 bits per heavy atom. The van der Waals surface area contributed by atoms with Crippen LogP contribution in [0.1, 0.15) is 26.3 Å². The number of rotatable bonds is 6. The lowest BCUT2D eigenvalue weighted by atomic mass is 10.1. The summed E-state index contributed by atoms with van der Waals surface area (Å²) >= 11 is 13.6. The Bertz CT molecular complexity index is 1110. The van der Waals surface area contributed by atoms with Crippen LogP contribution in [0.15, 0.2) is 53.7 Å². The van der Waals surface area contributed by atoms with Crippen molar-refractivity contribution >= 4 is 46.9 Å². The Kier molecular flexibility index (Phi) is 7.82. The van der Waals surface area contributed by atoms with Crippen LogP contribution in [-0.2, 0) is 11.3 Å². The molecule has 10 heteroatoms. The molecule has 0 saturated carbocycles. The molecule has 7 nitrogen and oxygen atoms in total. The molecular formula is C22H23Cl2N5O2S. The number of urea groups is 1. The SMILES string of the molecule is CC(C)(C)NC(=O)NC(=O)CSc1nnc(-c2ccc(Cl)cc2Cl)n1Cc1ccccc1. The molecule has 0 spiro atoms. The van der Waals surface area contributed by atoms with Gasteiger partial charge in [0.2, 0.25) is 5.91 Å². The van der Waals surface area contributed by atoms with Gasteiger partial charge in [-0.05, 0) is 44.5 Å². The van der Waals surface area contributed by atoms with Gasteiger partial charge in [0.15, 0.2) is 11.0 Å². The maximum absolute atomic E-state index is 12.3. The topological polar surface area (TPSA) is 88.9 Å². The fourth-order valence-electron chi connectivity index (χ4n) is 2.84. The molecule has 0 aliphatic carbocycles. The zero-order valence-electron chi connectivity index (χ0n) is 17.9. The first-order valence-electron chi connectivity index (χ1n) is 9.80. The molecule has 3 aromatic rings. The molecule has 1 aromatic heterocycles. The zero-order valence-corrected chi connectivity index (χ0v) is 20.2. The molecule has 0 saturated heterocycles. The summed E-state index contributed by atoms with van der Waals surface area (Å²) in [6, 6.07) is 14.4. The number of carbonyl (C=O) groups is 2. The van der Waals surface area contributed by atoms with E-state index in [1.165, 1.54) is 11.8 Å². The lowest BCUT2D eigenvalue weighted by molar-refractivity contribution is -0.117. The smallest absolute Gasteiger partial charge is 0.321 e. The number of thioether (sulfide) groups is 1. The van der Waals surface area contributed by atoms with Crippen molar-refractivity contribution in [1.29, 1.82) is 0 Å². The molecule has 3 amide bonds. The Morgan fingerprint density at radius 2 is 1.78 bits per heavy atom. The largest absolute Gasteiger partial charge is 0.333 e. The van der Waals surface area contributed by atoms with Gasteiger partial charge in [0.25, 0.3) is 0 Å². The monoisotopic (exact) mass is 491 g/mol. The van der Waals surface area contributed by atoms with Crippen LogP contribution in [-0.4, -0.2) is 38.0 Å². The molecule has 0 atom stereocenters. The van der Waals surface area contributed by atoms with E-state index < -0.39 is 17.5 Å². The molecule has 2 N–H and O–H groups in total. The second kappa shape index (κ2) is 10.4. The van der Waals surface area contributed by atoms with Crippen molar-refractivity contribution in [1.82, 2.24) is 25.4 Å². The highest BCUT2D eigenvalue weighted by Gasteiger charge is 2.20. The normalized spacial score (nSPS) is 11.3. The van der Waals surface area contributed by atoms with E-state index in [4.69, 9.17) is 23.2 Å². The van der Waals surface area contributed by atoms with Gasteiger partial charge in [-0.15, -0.1) is 10.2 Å². The summed E-state index contributed by atoms with van der Waals surface area (Å²) in [5.74, 6) is 0.125. The highest BCUT2D eigenvalue weighted by molar-refractivity contribution is 7.99. The average Bonchev–Trinajstić information content (AvgIpc) is 3.08. The summed E-state index contributed by atoms with van der Waals surface area (Å²) in [4.78, 5) is 24.2. The quantitative estimate of drug-likeness (QED) is 0.472. The third-order valence-electron chi connectivity index (χ3n) is 4.15. The van der Waals surface area contributed by atoms with Crippen LogP contribution < -0.4 is 10.6 Å². The second-order valence-corrected chi connectivity index (χ2v) is 9.83. The van der Waals surface area contributed by atoms with Crippen molar-refractivity contribution in [2.24, 2.45) is 0 Å². The maximum atomic E-state index is 12.3. The van der Waals surface area contributed by atoms with Crippen molar-refractivity contribution < 1.29 is 9.59 Å². The Morgan fingerprint density at radius 1 is 1.06 bits per heavy atom. The van der Waals surface area contributed by atoms with Gasteiger partial charge in [-0.2, -0.15) is 0 Å². The van der Waals surface area contributed by atoms with E-state index in [2.05, 4.69) is 20.8 Å². The summed E-state index contributed by atoms with van der Waals surface area (Å²) in [6.45, 7) is 5.99. The summed E-state index contributed by atoms with van der Waals surface area (Å²) in [6.07, 6.45) is 0. The predicted molar refractivity (Wildman–Crippen MR) is 128 cm³/mol. The van der Waals surface area contributed by atoms with Crippen LogP contribution in [0.5, 0.6) is 0 Å². The lowest BCUT2D eigenvalue weighted by Crippen LogP contribution is -2.48. The Hall–Kier alpha value is -2.55. The van der Waals surface area contributed by atoms with Crippen molar-refractivity contribution in [3.05, 3.63) is 64.1 Å². The number of nitrogens with zero attached hydrogens (tertiary/aromatic N) is 3. The molecule has 0 aliphatic heterocycles. The van der Waals surface area contributed by atoms with Crippen molar-refractivity contribution in [3.8, 4) is 11.4 Å². The van der Waals surface area contributed by atoms with Crippen LogP contribution in [0, 0.1) is 0 Å². The molecule has 2 aromatic carbocycles. The standard InChI is InChI=1S/C22H23Cl2N5O2S/c1-22(2,3)26-20(31)25-18(30)13-32-21-28-27-19(16-10-9-15(23)11-17(16)24)29(21)12-14-7-5-4-6-8-14/h4-11H,12-13H2,1-3H3,(H2,25,26,30,31). The van der Waals surface area contributed by atoms with Gasteiger partial charge in [0.1, 0.15) is 0 Å². The summed E-state index contributed by atoms with van der Waals surface area (Å²) in [7, 11) is 0. The van der Waals surface area contributed by atoms with Gasteiger partial charge in [-0.3, -0.25) is 14.7 Å². The van der Waals surface area contributed by atoms with Crippen LogP contribution >= 0.6 is 35.0 Å². The Balaban J connectivity index is 1.82. The molecule has 168 valence electrons. The highest BCUT2D eigenvalue weighted by Crippen LogP contribution is 2.32. The third kappa shape index (κ3) is 6.72. The first-order chi connectivity index (χ1) is 15.1. The van der Waals surface area contributed by atoms with E-state index in [1.54, 1.807) is 18.2 Å². The number of benzene rings is 2. The predicted octanol–water partition coefficient (Wildman–Crippen LogP) is 5.02. The van der Waals surface area contributed by atoms with Crippen molar-refractivity contribution in [2.75, 3.05) is 5.75 Å². The molecule has 0 unspecified atom stereocenters. The van der Waals surface area contributed by atoms with Gasteiger partial charge < -0.3 is 5.32 Å². The van der Waals surface area contributed by atoms with E-state index in [9.17, 15) is 9.59 Å². The van der Waals surface area contributed by atoms with E-state index in [-0.39, 0.29) is 5.75 Å². The number of nitrogens with one attached hydrogen (secondary N) is 2. The van der Waals surface area contributed by atoms with Crippen LogP contribution in [0.4, 0.5) is 4.79 Å². The summed E-state index contributed by atoms with van der Waals surface area (Å²) in [5.41, 5.74) is 1.27. The van der Waals surface area contributed by atoms with Gasteiger partial charge in [0, 0.05) is 16.1 Å². The molecule has 32 heavy (non-hydrogen) atoms. The van der Waals surface area contributed by atoms with Gasteiger partial charge in [-0.25, -0.2) is 4.79 Å². The van der Waals surface area contributed by atoms with Gasteiger partial charge in [0.05, 0.1) is 17.3 Å². The molecule has 0 bridgehead atoms. The fourth-order valence-corrected chi connectivity index (χ4v) is 4.07. The number of hydrogen-bond donors (Lipinski definition) is 2. The first-order valence-corrected chi connectivity index (χ1v) is 11.5. The molecule has 3 rings (SSSR count). The summed E-state index contributed by atoms with van der Waals surface area (Å²) < 4.78 is 1.89. The average molecular weight is 492 g/mol. The minimum absolute atomic E-state index is 0.00115.